The van der Waals surface area contributed by atoms with Crippen molar-refractivity contribution in [2.45, 2.75) is 19.1 Å². The lowest BCUT2D eigenvalue weighted by Crippen LogP contribution is -2.24. The molecule has 0 aliphatic carbocycles. The van der Waals surface area contributed by atoms with E-state index in [1.165, 1.54) is 6.92 Å². The van der Waals surface area contributed by atoms with Crippen molar-refractivity contribution >= 4 is 0 Å². The number of aliphatic hydroxyl groups is 1. The maximum Gasteiger partial charge on any atom is 0.0938 e. The summed E-state index contributed by atoms with van der Waals surface area (Å²) < 4.78 is 37.3. The summed E-state index contributed by atoms with van der Waals surface area (Å²) in [5, 5.41) is 9.71. The summed E-state index contributed by atoms with van der Waals surface area (Å²) in [4.78, 5) is 0. The van der Waals surface area contributed by atoms with E-state index in [-0.39, 0.29) is 5.56 Å². The van der Waals surface area contributed by atoms with Gasteiger partial charge in [0.05, 0.1) is 13.0 Å². The smallest absolute Gasteiger partial charge is 0.0938 e. The standard InChI is InChI=1S/C9H13NO/c1-7(10)9(11)8-5-3-2-4-6-8/h2-7,9,11H,10H2,1H3/t7-,9-/m0/s1/i2D,3D,4D,5D,6D. The Balaban J connectivity index is 3.51. The van der Waals surface area contributed by atoms with Crippen molar-refractivity contribution in [1.29, 1.82) is 0 Å². The van der Waals surface area contributed by atoms with E-state index in [9.17, 15) is 5.11 Å². The molecule has 0 fully saturated rings. The van der Waals surface area contributed by atoms with Gasteiger partial charge in [-0.1, -0.05) is 30.2 Å². The molecule has 2 nitrogen and oxygen atoms in total. The minimum absolute atomic E-state index is 0.152. The molecule has 0 saturated heterocycles. The lowest BCUT2D eigenvalue weighted by atomic mass is 10.0. The van der Waals surface area contributed by atoms with Crippen molar-refractivity contribution < 1.29 is 12.0 Å². The number of benzene rings is 1. The Labute approximate surface area is 73.7 Å². The molecule has 0 saturated carbocycles. The molecule has 11 heavy (non-hydrogen) atoms. The molecule has 1 aromatic rings. The van der Waals surface area contributed by atoms with Gasteiger partial charge in [0.25, 0.3) is 0 Å². The monoisotopic (exact) mass is 156 g/mol. The van der Waals surface area contributed by atoms with Gasteiger partial charge in [-0.05, 0) is 12.5 Å². The first kappa shape index (κ1) is 3.70. The van der Waals surface area contributed by atoms with Crippen LogP contribution in [0.5, 0.6) is 0 Å². The summed E-state index contributed by atoms with van der Waals surface area (Å²) in [7, 11) is 0. The highest BCUT2D eigenvalue weighted by Crippen LogP contribution is 2.13. The third kappa shape index (κ3) is 2.03. The van der Waals surface area contributed by atoms with Crippen LogP contribution in [0.2, 0.25) is 0 Å². The van der Waals surface area contributed by atoms with E-state index >= 15 is 0 Å². The molecule has 0 radical (unpaired) electrons. The van der Waals surface area contributed by atoms with Crippen molar-refractivity contribution in [2.75, 3.05) is 0 Å². The van der Waals surface area contributed by atoms with Gasteiger partial charge >= 0.3 is 0 Å². The highest BCUT2D eigenvalue weighted by atomic mass is 16.3. The zero-order chi connectivity index (χ0) is 12.6. The lowest BCUT2D eigenvalue weighted by Gasteiger charge is -2.13. The van der Waals surface area contributed by atoms with Gasteiger partial charge in [-0.15, -0.1) is 0 Å². The molecule has 0 amide bonds. The first-order valence-corrected chi connectivity index (χ1v) is 3.29. The van der Waals surface area contributed by atoms with Crippen molar-refractivity contribution in [3.05, 3.63) is 35.8 Å². The Hall–Kier alpha value is -0.860. The van der Waals surface area contributed by atoms with E-state index in [1.807, 2.05) is 0 Å². The number of aliphatic hydroxyl groups excluding tert-OH is 1. The highest BCUT2D eigenvalue weighted by Gasteiger charge is 2.10. The van der Waals surface area contributed by atoms with Crippen LogP contribution in [0.4, 0.5) is 0 Å². The molecule has 0 aliphatic rings. The van der Waals surface area contributed by atoms with Crippen LogP contribution in [0, 0.1) is 0 Å². The Morgan fingerprint density at radius 3 is 2.45 bits per heavy atom. The van der Waals surface area contributed by atoms with Crippen LogP contribution in [-0.4, -0.2) is 11.1 Å². The summed E-state index contributed by atoms with van der Waals surface area (Å²) in [5.74, 6) is 0. The average Bonchev–Trinajstić information content (AvgIpc) is 2.23. The summed E-state index contributed by atoms with van der Waals surface area (Å²) in [6.45, 7) is 1.51. The van der Waals surface area contributed by atoms with Crippen LogP contribution in [0.15, 0.2) is 30.2 Å². The normalized spacial score (nSPS) is 22.3. The molecule has 3 N–H and O–H groups in total. The molecule has 1 rings (SSSR count). The SMILES string of the molecule is [2H]c1c([2H])c([2H])c([C@@H](O)[C@H](C)N)c([2H])c1[2H]. The fourth-order valence-corrected chi connectivity index (χ4v) is 0.670. The molecular weight excluding hydrogens is 138 g/mol. The second-order valence-electron chi connectivity index (χ2n) is 2.34. The molecule has 2 atom stereocenters. The summed E-state index contributed by atoms with van der Waals surface area (Å²) in [5.41, 5.74) is 5.31. The Bertz CT molecular complexity index is 392. The van der Waals surface area contributed by atoms with Gasteiger partial charge in [0.1, 0.15) is 0 Å². The van der Waals surface area contributed by atoms with Crippen molar-refractivity contribution in [1.82, 2.24) is 0 Å². The quantitative estimate of drug-likeness (QED) is 0.672. The molecule has 2 heteroatoms. The number of hydrogen-bond acceptors (Lipinski definition) is 2. The van der Waals surface area contributed by atoms with Gasteiger partial charge in [-0.2, -0.15) is 0 Å². The first-order chi connectivity index (χ1) is 7.29. The van der Waals surface area contributed by atoms with Crippen LogP contribution in [0.3, 0.4) is 0 Å². The van der Waals surface area contributed by atoms with Gasteiger partial charge in [-0.3, -0.25) is 0 Å². The Kier molecular flexibility index (Phi) is 1.18. The van der Waals surface area contributed by atoms with Crippen molar-refractivity contribution in [2.24, 2.45) is 5.73 Å². The Morgan fingerprint density at radius 1 is 1.45 bits per heavy atom. The second kappa shape index (κ2) is 3.51. The Morgan fingerprint density at radius 2 is 2.00 bits per heavy atom. The highest BCUT2D eigenvalue weighted by molar-refractivity contribution is 5.18. The van der Waals surface area contributed by atoms with E-state index in [0.717, 1.165) is 0 Å². The number of nitrogens with two attached hydrogens (primary N) is 1. The second-order valence-corrected chi connectivity index (χ2v) is 2.34. The maximum atomic E-state index is 9.71. The van der Waals surface area contributed by atoms with Gasteiger partial charge < -0.3 is 10.8 Å². The largest absolute Gasteiger partial charge is 0.387 e. The molecule has 0 aromatic heterocycles. The molecule has 0 aliphatic heterocycles. The number of rotatable bonds is 2. The summed E-state index contributed by atoms with van der Waals surface area (Å²) in [6.07, 6.45) is -1.27. The summed E-state index contributed by atoms with van der Waals surface area (Å²) in [6, 6.07) is -2.92. The predicted octanol–water partition coefficient (Wildman–Crippen LogP) is 1.07. The van der Waals surface area contributed by atoms with E-state index in [0.29, 0.717) is 0 Å². The minimum Gasteiger partial charge on any atom is -0.387 e. The van der Waals surface area contributed by atoms with Crippen LogP contribution in [-0.2, 0) is 0 Å². The molecular formula is C9H13NO. The van der Waals surface area contributed by atoms with E-state index in [1.54, 1.807) is 0 Å². The van der Waals surface area contributed by atoms with Gasteiger partial charge in [0.2, 0.25) is 0 Å². The zero-order valence-electron chi connectivity index (χ0n) is 11.2. The maximum absolute atomic E-state index is 9.71. The van der Waals surface area contributed by atoms with E-state index < -0.39 is 42.4 Å². The fourth-order valence-electron chi connectivity index (χ4n) is 0.670. The van der Waals surface area contributed by atoms with Gasteiger partial charge in [0, 0.05) is 6.04 Å². The van der Waals surface area contributed by atoms with E-state index in [4.69, 9.17) is 12.6 Å². The topological polar surface area (TPSA) is 46.2 Å². The van der Waals surface area contributed by atoms with E-state index in [2.05, 4.69) is 0 Å². The lowest BCUT2D eigenvalue weighted by molar-refractivity contribution is 0.153. The molecule has 0 spiro atoms. The summed E-state index contributed by atoms with van der Waals surface area (Å²) >= 11 is 0. The third-order valence-corrected chi connectivity index (χ3v) is 1.31. The van der Waals surface area contributed by atoms with Crippen LogP contribution in [0.25, 0.3) is 0 Å². The van der Waals surface area contributed by atoms with Crippen LogP contribution >= 0.6 is 0 Å². The van der Waals surface area contributed by atoms with Gasteiger partial charge in [-0.25, -0.2) is 0 Å². The minimum atomic E-state index is -1.27. The first-order valence-electron chi connectivity index (χ1n) is 5.79. The van der Waals surface area contributed by atoms with Gasteiger partial charge in [0.15, 0.2) is 0 Å². The third-order valence-electron chi connectivity index (χ3n) is 1.31. The van der Waals surface area contributed by atoms with Crippen molar-refractivity contribution in [3.8, 4) is 0 Å². The zero-order valence-corrected chi connectivity index (χ0v) is 6.18. The molecule has 0 unspecified atom stereocenters. The van der Waals surface area contributed by atoms with Crippen LogP contribution < -0.4 is 5.73 Å². The van der Waals surface area contributed by atoms with Crippen LogP contribution in [0.1, 0.15) is 25.4 Å². The molecule has 1 aromatic carbocycles. The predicted molar refractivity (Wildman–Crippen MR) is 45.1 cm³/mol. The molecule has 60 valence electrons. The molecule has 0 bridgehead atoms. The van der Waals surface area contributed by atoms with Crippen molar-refractivity contribution in [3.63, 3.8) is 0 Å². The fraction of sp³-hybridized carbons (Fsp3) is 0.333. The number of hydrogen-bond donors (Lipinski definition) is 2. The molecule has 0 heterocycles. The average molecular weight is 156 g/mol.